The smallest absolute Gasteiger partial charge is 0.228 e. The third-order valence-electron chi connectivity index (χ3n) is 2.40. The fourth-order valence-electron chi connectivity index (χ4n) is 1.36. The first-order valence-electron chi connectivity index (χ1n) is 5.61. The van der Waals surface area contributed by atoms with Crippen LogP contribution >= 0.6 is 39.1 Å². The summed E-state index contributed by atoms with van der Waals surface area (Å²) in [6.45, 7) is 5.29. The molecule has 0 radical (unpaired) electrons. The van der Waals surface area contributed by atoms with Crippen LogP contribution in [0.3, 0.4) is 0 Å². The van der Waals surface area contributed by atoms with Gasteiger partial charge in [-0.15, -0.1) is 0 Å². The lowest BCUT2D eigenvalue weighted by atomic mass is 10.1. The van der Waals surface area contributed by atoms with E-state index in [9.17, 15) is 4.79 Å². The Morgan fingerprint density at radius 1 is 1.39 bits per heavy atom. The van der Waals surface area contributed by atoms with Crippen LogP contribution < -0.4 is 10.6 Å². The van der Waals surface area contributed by atoms with Gasteiger partial charge in [0.2, 0.25) is 5.91 Å². The van der Waals surface area contributed by atoms with E-state index in [1.165, 1.54) is 0 Å². The fourth-order valence-corrected chi connectivity index (χ4v) is 2.66. The Balaban J connectivity index is 2.76. The maximum Gasteiger partial charge on any atom is 0.228 e. The molecule has 0 fully saturated rings. The summed E-state index contributed by atoms with van der Waals surface area (Å²) in [7, 11) is 0. The Hall–Kier alpha value is -0.290. The van der Waals surface area contributed by atoms with E-state index < -0.39 is 0 Å². The topological polar surface area (TPSA) is 41.1 Å². The van der Waals surface area contributed by atoms with Gasteiger partial charge in [-0.1, -0.05) is 53.0 Å². The highest BCUT2D eigenvalue weighted by atomic mass is 79.9. The lowest BCUT2D eigenvalue weighted by molar-refractivity contribution is -0.119. The predicted molar refractivity (Wildman–Crippen MR) is 80.5 cm³/mol. The average Bonchev–Trinajstić information content (AvgIpc) is 2.30. The van der Waals surface area contributed by atoms with Crippen LogP contribution in [0.1, 0.15) is 13.8 Å². The molecule has 6 heteroatoms. The Bertz CT molecular complexity index is 417. The molecule has 1 unspecified atom stereocenters. The summed E-state index contributed by atoms with van der Waals surface area (Å²) in [6, 6.07) is 3.38. The molecular weight excluding hydrogens is 339 g/mol. The molecule has 0 aliphatic rings. The van der Waals surface area contributed by atoms with Gasteiger partial charge in [-0.2, -0.15) is 0 Å². The van der Waals surface area contributed by atoms with Gasteiger partial charge in [0.25, 0.3) is 0 Å². The van der Waals surface area contributed by atoms with Crippen LogP contribution in [0.4, 0.5) is 5.69 Å². The van der Waals surface area contributed by atoms with Crippen LogP contribution in [0.2, 0.25) is 10.0 Å². The number of nitrogens with one attached hydrogen (secondary N) is 2. The summed E-state index contributed by atoms with van der Waals surface area (Å²) in [5, 5.41) is 6.70. The van der Waals surface area contributed by atoms with Crippen molar-refractivity contribution in [1.82, 2.24) is 5.32 Å². The highest BCUT2D eigenvalue weighted by Gasteiger charge is 2.16. The first kappa shape index (κ1) is 15.8. The largest absolute Gasteiger partial charge is 0.323 e. The second kappa shape index (κ2) is 7.34. The van der Waals surface area contributed by atoms with Crippen molar-refractivity contribution in [3.8, 4) is 0 Å². The number of hydrogen-bond acceptors (Lipinski definition) is 2. The highest BCUT2D eigenvalue weighted by Crippen LogP contribution is 2.33. The number of rotatable bonds is 5. The zero-order valence-corrected chi connectivity index (χ0v) is 13.3. The fraction of sp³-hybridized carbons (Fsp3) is 0.417. The Kier molecular flexibility index (Phi) is 6.43. The summed E-state index contributed by atoms with van der Waals surface area (Å²) in [5.74, 6) is -0.261. The van der Waals surface area contributed by atoms with Gasteiger partial charge in [0, 0.05) is 16.9 Å². The van der Waals surface area contributed by atoms with E-state index in [-0.39, 0.29) is 11.8 Å². The minimum absolute atomic E-state index is 0.109. The number of carbonyl (C=O) groups is 1. The van der Waals surface area contributed by atoms with Gasteiger partial charge < -0.3 is 10.6 Å². The summed E-state index contributed by atoms with van der Waals surface area (Å²) in [5.41, 5.74) is 0.454. The monoisotopic (exact) mass is 352 g/mol. The third-order valence-corrected chi connectivity index (χ3v) is 3.46. The summed E-state index contributed by atoms with van der Waals surface area (Å²) in [4.78, 5) is 11.9. The molecule has 2 N–H and O–H groups in total. The minimum Gasteiger partial charge on any atom is -0.323 e. The molecule has 0 aliphatic carbocycles. The molecule has 0 bridgehead atoms. The molecule has 0 aliphatic heterocycles. The molecule has 1 aromatic carbocycles. The van der Waals surface area contributed by atoms with Crippen molar-refractivity contribution in [3.05, 3.63) is 26.7 Å². The third kappa shape index (κ3) is 4.43. The molecule has 0 heterocycles. The lowest BCUT2D eigenvalue weighted by Gasteiger charge is -2.14. The van der Waals surface area contributed by atoms with Crippen molar-refractivity contribution in [2.24, 2.45) is 5.92 Å². The molecule has 1 aromatic rings. The summed E-state index contributed by atoms with van der Waals surface area (Å²) >= 11 is 15.4. The molecule has 1 amide bonds. The maximum absolute atomic E-state index is 11.9. The van der Waals surface area contributed by atoms with Gasteiger partial charge in [0.15, 0.2) is 0 Å². The molecule has 18 heavy (non-hydrogen) atoms. The van der Waals surface area contributed by atoms with Gasteiger partial charge in [0.05, 0.1) is 15.7 Å². The van der Waals surface area contributed by atoms with Gasteiger partial charge in [0.1, 0.15) is 0 Å². The number of benzene rings is 1. The SMILES string of the molecule is CCNCC(C)C(=O)Nc1c(Cl)cc(Br)cc1Cl. The predicted octanol–water partition coefficient (Wildman–Crippen LogP) is 3.94. The normalized spacial score (nSPS) is 12.3. The molecule has 0 saturated heterocycles. The quantitative estimate of drug-likeness (QED) is 0.841. The number of hydrogen-bond donors (Lipinski definition) is 2. The summed E-state index contributed by atoms with van der Waals surface area (Å²) in [6.07, 6.45) is 0. The van der Waals surface area contributed by atoms with E-state index in [1.807, 2.05) is 13.8 Å². The van der Waals surface area contributed by atoms with E-state index in [4.69, 9.17) is 23.2 Å². The van der Waals surface area contributed by atoms with Crippen LogP contribution in [0.5, 0.6) is 0 Å². The number of amides is 1. The Labute approximate surface area is 125 Å². The molecule has 100 valence electrons. The first-order valence-corrected chi connectivity index (χ1v) is 7.16. The van der Waals surface area contributed by atoms with Crippen molar-refractivity contribution in [2.45, 2.75) is 13.8 Å². The lowest BCUT2D eigenvalue weighted by Crippen LogP contribution is -2.30. The van der Waals surface area contributed by atoms with E-state index >= 15 is 0 Å². The number of anilines is 1. The van der Waals surface area contributed by atoms with Crippen molar-refractivity contribution >= 4 is 50.7 Å². The Morgan fingerprint density at radius 2 is 1.94 bits per heavy atom. The highest BCUT2D eigenvalue weighted by molar-refractivity contribution is 9.10. The van der Waals surface area contributed by atoms with Crippen molar-refractivity contribution < 1.29 is 4.79 Å². The van der Waals surface area contributed by atoms with Crippen LogP contribution in [-0.4, -0.2) is 19.0 Å². The molecule has 1 atom stereocenters. The molecular formula is C12H15BrCl2N2O. The van der Waals surface area contributed by atoms with Crippen LogP contribution in [0.15, 0.2) is 16.6 Å². The minimum atomic E-state index is -0.152. The molecule has 1 rings (SSSR count). The van der Waals surface area contributed by atoms with Crippen LogP contribution in [0, 0.1) is 5.92 Å². The van der Waals surface area contributed by atoms with Crippen LogP contribution in [-0.2, 0) is 4.79 Å². The van der Waals surface area contributed by atoms with Crippen molar-refractivity contribution in [2.75, 3.05) is 18.4 Å². The van der Waals surface area contributed by atoms with E-state index in [2.05, 4.69) is 26.6 Å². The molecule has 3 nitrogen and oxygen atoms in total. The zero-order valence-electron chi connectivity index (χ0n) is 10.2. The van der Waals surface area contributed by atoms with Crippen molar-refractivity contribution in [1.29, 1.82) is 0 Å². The molecule has 0 saturated carbocycles. The van der Waals surface area contributed by atoms with Gasteiger partial charge in [-0.25, -0.2) is 0 Å². The van der Waals surface area contributed by atoms with Gasteiger partial charge >= 0.3 is 0 Å². The standard InChI is InChI=1S/C12H15BrCl2N2O/c1-3-16-6-7(2)12(18)17-11-9(14)4-8(13)5-10(11)15/h4-5,7,16H,3,6H2,1-2H3,(H,17,18). The van der Waals surface area contributed by atoms with E-state index in [0.717, 1.165) is 11.0 Å². The second-order valence-corrected chi connectivity index (χ2v) is 5.67. The molecule has 0 aromatic heterocycles. The van der Waals surface area contributed by atoms with E-state index in [0.29, 0.717) is 22.3 Å². The number of carbonyl (C=O) groups excluding carboxylic acids is 1. The average molecular weight is 354 g/mol. The summed E-state index contributed by atoms with van der Waals surface area (Å²) < 4.78 is 0.774. The van der Waals surface area contributed by atoms with Gasteiger partial charge in [-0.3, -0.25) is 4.79 Å². The van der Waals surface area contributed by atoms with Gasteiger partial charge in [-0.05, 0) is 18.7 Å². The second-order valence-electron chi connectivity index (χ2n) is 3.94. The Morgan fingerprint density at radius 3 is 2.44 bits per heavy atom. The van der Waals surface area contributed by atoms with Crippen LogP contribution in [0.25, 0.3) is 0 Å². The van der Waals surface area contributed by atoms with E-state index in [1.54, 1.807) is 12.1 Å². The number of halogens is 3. The zero-order chi connectivity index (χ0) is 13.7. The molecule has 0 spiro atoms. The maximum atomic E-state index is 11.9. The first-order chi connectivity index (χ1) is 8.45. The van der Waals surface area contributed by atoms with Crippen molar-refractivity contribution in [3.63, 3.8) is 0 Å².